The Morgan fingerprint density at radius 3 is 2.55 bits per heavy atom. The molecule has 1 unspecified atom stereocenters. The van der Waals surface area contributed by atoms with E-state index in [1.165, 1.54) is 4.90 Å². The zero-order valence-corrected chi connectivity index (χ0v) is 23.6. The molecule has 0 aromatic heterocycles. The first-order valence-corrected chi connectivity index (χ1v) is 14.0. The van der Waals surface area contributed by atoms with E-state index in [0.29, 0.717) is 29.5 Å². The first kappa shape index (κ1) is 28.9. The average Bonchev–Trinajstić information content (AvgIpc) is 2.89. The molecular formula is C28H37Cl2N3O5. The molecule has 0 aliphatic carbocycles. The number of piperazine rings is 1. The Hall–Kier alpha value is -2.07. The third-order valence-corrected chi connectivity index (χ3v) is 7.58. The van der Waals surface area contributed by atoms with Gasteiger partial charge in [-0.15, -0.1) is 0 Å². The van der Waals surface area contributed by atoms with Gasteiger partial charge in [-0.2, -0.15) is 0 Å². The number of halogens is 2. The maximum absolute atomic E-state index is 12.5. The SMILES string of the molecule is CC(C)OC(O)OCN1C(=O)CCc2ccc(OCCCCN3CCN(c4cccc(Cl)c4Cl)CC3)cc21. The molecule has 8 nitrogen and oxygen atoms in total. The molecule has 1 saturated heterocycles. The highest BCUT2D eigenvalue weighted by Crippen LogP contribution is 2.33. The van der Waals surface area contributed by atoms with Crippen LogP contribution in [0, 0.1) is 0 Å². The van der Waals surface area contributed by atoms with Crippen LogP contribution in [-0.4, -0.2) is 74.6 Å². The summed E-state index contributed by atoms with van der Waals surface area (Å²) in [6.45, 7) is 7.57. The molecule has 38 heavy (non-hydrogen) atoms. The van der Waals surface area contributed by atoms with Gasteiger partial charge in [0.2, 0.25) is 5.91 Å². The molecule has 2 aliphatic rings. The number of aryl methyl sites for hydroxylation is 1. The number of carbonyl (C=O) groups excluding carboxylic acids is 1. The zero-order chi connectivity index (χ0) is 27.1. The van der Waals surface area contributed by atoms with Crippen molar-refractivity contribution in [2.45, 2.75) is 52.1 Å². The number of hydrogen-bond donors (Lipinski definition) is 1. The number of hydrogen-bond acceptors (Lipinski definition) is 7. The molecule has 208 valence electrons. The van der Waals surface area contributed by atoms with E-state index in [2.05, 4.69) is 9.80 Å². The molecular weight excluding hydrogens is 529 g/mol. The van der Waals surface area contributed by atoms with Crippen molar-refractivity contribution < 1.29 is 24.1 Å². The summed E-state index contributed by atoms with van der Waals surface area (Å²) in [6.07, 6.45) is 2.86. The molecule has 2 heterocycles. The van der Waals surface area contributed by atoms with Crippen molar-refractivity contribution >= 4 is 40.5 Å². The number of ether oxygens (including phenoxy) is 3. The van der Waals surface area contributed by atoms with Gasteiger partial charge in [-0.1, -0.05) is 35.3 Å². The molecule has 1 atom stereocenters. The summed E-state index contributed by atoms with van der Waals surface area (Å²) in [5, 5.41) is 11.1. The highest BCUT2D eigenvalue weighted by molar-refractivity contribution is 6.43. The van der Waals surface area contributed by atoms with Crippen molar-refractivity contribution in [2.24, 2.45) is 0 Å². The number of unbranched alkanes of at least 4 members (excludes halogenated alkanes) is 1. The largest absolute Gasteiger partial charge is 0.494 e. The van der Waals surface area contributed by atoms with Gasteiger partial charge >= 0.3 is 0 Å². The standard InChI is InChI=1S/C28H37Cl2N3O5/c1-20(2)38-28(35)37-19-33-25-18-22(10-8-21(25)9-11-26(33)34)36-17-4-3-12-31-13-15-32(16-14-31)24-7-5-6-23(29)27(24)30/h5-8,10,18,20,28,35H,3-4,9,11-17,19H2,1-2H3. The molecule has 2 aromatic rings. The van der Waals surface area contributed by atoms with Crippen LogP contribution >= 0.6 is 23.2 Å². The molecule has 1 amide bonds. The number of aliphatic hydroxyl groups is 1. The van der Waals surface area contributed by atoms with Gasteiger partial charge in [-0.25, -0.2) is 0 Å². The maximum Gasteiger partial charge on any atom is 0.270 e. The Morgan fingerprint density at radius 2 is 1.79 bits per heavy atom. The van der Waals surface area contributed by atoms with Gasteiger partial charge in [0, 0.05) is 38.7 Å². The maximum atomic E-state index is 12.5. The van der Waals surface area contributed by atoms with Gasteiger partial charge in [-0.3, -0.25) is 14.6 Å². The van der Waals surface area contributed by atoms with E-state index in [9.17, 15) is 9.90 Å². The van der Waals surface area contributed by atoms with Crippen molar-refractivity contribution in [1.29, 1.82) is 0 Å². The smallest absolute Gasteiger partial charge is 0.270 e. The van der Waals surface area contributed by atoms with Crippen LogP contribution in [-0.2, 0) is 20.7 Å². The predicted octanol–water partition coefficient (Wildman–Crippen LogP) is 4.93. The van der Waals surface area contributed by atoms with Crippen LogP contribution in [0.3, 0.4) is 0 Å². The summed E-state index contributed by atoms with van der Waals surface area (Å²) in [6, 6.07) is 11.6. The summed E-state index contributed by atoms with van der Waals surface area (Å²) in [4.78, 5) is 18.8. The Kier molecular flexibility index (Phi) is 10.5. The van der Waals surface area contributed by atoms with E-state index in [4.69, 9.17) is 37.4 Å². The number of rotatable bonds is 12. The van der Waals surface area contributed by atoms with Crippen LogP contribution in [0.2, 0.25) is 10.0 Å². The summed E-state index contributed by atoms with van der Waals surface area (Å²) < 4.78 is 16.6. The van der Waals surface area contributed by atoms with Gasteiger partial charge in [0.05, 0.1) is 34.1 Å². The number of nitrogens with zero attached hydrogens (tertiary/aromatic N) is 3. The minimum atomic E-state index is -1.38. The molecule has 0 spiro atoms. The third-order valence-electron chi connectivity index (χ3n) is 6.77. The second-order valence-corrected chi connectivity index (χ2v) is 10.6. The highest BCUT2D eigenvalue weighted by atomic mass is 35.5. The van der Waals surface area contributed by atoms with E-state index in [1.54, 1.807) is 13.8 Å². The lowest BCUT2D eigenvalue weighted by Gasteiger charge is -2.36. The van der Waals surface area contributed by atoms with Crippen LogP contribution in [0.25, 0.3) is 0 Å². The molecule has 2 aromatic carbocycles. The van der Waals surface area contributed by atoms with Crippen LogP contribution < -0.4 is 14.5 Å². The number of fused-ring (bicyclic) bond motifs is 1. The zero-order valence-electron chi connectivity index (χ0n) is 22.1. The van der Waals surface area contributed by atoms with Crippen molar-refractivity contribution in [3.8, 4) is 5.75 Å². The topological polar surface area (TPSA) is 74.7 Å². The fourth-order valence-electron chi connectivity index (χ4n) is 4.74. The fourth-order valence-corrected chi connectivity index (χ4v) is 5.15. The summed E-state index contributed by atoms with van der Waals surface area (Å²) >= 11 is 12.6. The third kappa shape index (κ3) is 7.74. The van der Waals surface area contributed by atoms with Crippen LogP contribution in [0.15, 0.2) is 36.4 Å². The second kappa shape index (κ2) is 13.8. The average molecular weight is 567 g/mol. The Bertz CT molecular complexity index is 1080. The summed E-state index contributed by atoms with van der Waals surface area (Å²) in [7, 11) is 0. The molecule has 0 saturated carbocycles. The van der Waals surface area contributed by atoms with Crippen LogP contribution in [0.4, 0.5) is 11.4 Å². The summed E-state index contributed by atoms with van der Waals surface area (Å²) in [5.74, 6) is 0.665. The van der Waals surface area contributed by atoms with Crippen molar-refractivity contribution in [3.63, 3.8) is 0 Å². The number of amides is 1. The lowest BCUT2D eigenvalue weighted by molar-refractivity contribution is -0.275. The Balaban J connectivity index is 1.20. The molecule has 2 aliphatic heterocycles. The molecule has 1 fully saturated rings. The number of benzene rings is 2. The van der Waals surface area contributed by atoms with Gasteiger partial charge in [0.1, 0.15) is 12.5 Å². The number of anilines is 2. The molecule has 1 N–H and O–H groups in total. The Labute approximate surface area is 234 Å². The van der Waals surface area contributed by atoms with Crippen LogP contribution in [0.1, 0.15) is 38.7 Å². The van der Waals surface area contributed by atoms with Gasteiger partial charge in [0.25, 0.3) is 6.48 Å². The lowest BCUT2D eigenvalue weighted by Crippen LogP contribution is -2.46. The van der Waals surface area contributed by atoms with Gasteiger partial charge in [-0.05, 0) is 63.4 Å². The van der Waals surface area contributed by atoms with Crippen molar-refractivity contribution in [2.75, 3.05) is 55.9 Å². The van der Waals surface area contributed by atoms with E-state index < -0.39 is 6.48 Å². The van der Waals surface area contributed by atoms with Crippen molar-refractivity contribution in [3.05, 3.63) is 52.0 Å². The Morgan fingerprint density at radius 1 is 1.00 bits per heavy atom. The first-order chi connectivity index (χ1) is 18.3. The normalized spacial score (nSPS) is 17.2. The van der Waals surface area contributed by atoms with E-state index in [-0.39, 0.29) is 18.7 Å². The minimum Gasteiger partial charge on any atom is -0.494 e. The summed E-state index contributed by atoms with van der Waals surface area (Å²) in [5.41, 5.74) is 2.82. The molecule has 0 bridgehead atoms. The molecule has 0 radical (unpaired) electrons. The number of aliphatic hydroxyl groups excluding tert-OH is 1. The molecule has 10 heteroatoms. The molecule has 4 rings (SSSR count). The van der Waals surface area contributed by atoms with E-state index in [0.717, 1.165) is 68.3 Å². The fraction of sp³-hybridized carbons (Fsp3) is 0.536. The minimum absolute atomic E-state index is 0.0517. The van der Waals surface area contributed by atoms with Crippen LogP contribution in [0.5, 0.6) is 5.75 Å². The second-order valence-electron chi connectivity index (χ2n) is 9.86. The van der Waals surface area contributed by atoms with Crippen molar-refractivity contribution in [1.82, 2.24) is 4.90 Å². The van der Waals surface area contributed by atoms with E-state index in [1.807, 2.05) is 36.4 Å². The first-order valence-electron chi connectivity index (χ1n) is 13.2. The highest BCUT2D eigenvalue weighted by Gasteiger charge is 2.26. The van der Waals surface area contributed by atoms with Gasteiger partial charge < -0.3 is 24.2 Å². The quantitative estimate of drug-likeness (QED) is 0.289. The van der Waals surface area contributed by atoms with Gasteiger partial charge in [0.15, 0.2) is 0 Å². The lowest BCUT2D eigenvalue weighted by atomic mass is 10.0. The number of carbonyl (C=O) groups is 1. The monoisotopic (exact) mass is 565 g/mol. The van der Waals surface area contributed by atoms with E-state index >= 15 is 0 Å². The predicted molar refractivity (Wildman–Crippen MR) is 150 cm³/mol.